The predicted octanol–water partition coefficient (Wildman–Crippen LogP) is 1.42. The van der Waals surface area contributed by atoms with Crippen LogP contribution in [0.5, 0.6) is 0 Å². The highest BCUT2D eigenvalue weighted by molar-refractivity contribution is 5.79. The number of nitrogens with one attached hydrogen (secondary N) is 3. The number of guanidine groups is 1. The predicted molar refractivity (Wildman–Crippen MR) is 109 cm³/mol. The van der Waals surface area contributed by atoms with Gasteiger partial charge in [0, 0.05) is 32.7 Å². The number of aliphatic imine (C=N–C) groups is 1. The first kappa shape index (κ1) is 23.5. The highest BCUT2D eigenvalue weighted by atomic mass is 16.6. The molecule has 27 heavy (non-hydrogen) atoms. The molecule has 0 radical (unpaired) electrons. The Morgan fingerprint density at radius 1 is 1.22 bits per heavy atom. The van der Waals surface area contributed by atoms with E-state index >= 15 is 0 Å². The number of rotatable bonds is 8. The van der Waals surface area contributed by atoms with E-state index in [2.05, 4.69) is 39.7 Å². The first-order chi connectivity index (χ1) is 12.7. The van der Waals surface area contributed by atoms with E-state index in [1.165, 1.54) is 0 Å². The number of alkyl carbamates (subject to hydrolysis) is 1. The molecule has 1 fully saturated rings. The van der Waals surface area contributed by atoms with Gasteiger partial charge in [-0.1, -0.05) is 13.8 Å². The van der Waals surface area contributed by atoms with Gasteiger partial charge in [-0.05, 0) is 33.6 Å². The smallest absolute Gasteiger partial charge is 0.407 e. The molecule has 0 aliphatic carbocycles. The van der Waals surface area contributed by atoms with E-state index in [-0.39, 0.29) is 12.0 Å². The Morgan fingerprint density at radius 2 is 1.89 bits per heavy atom. The maximum absolute atomic E-state index is 12.1. The summed E-state index contributed by atoms with van der Waals surface area (Å²) in [4.78, 5) is 19.1. The molecule has 1 saturated heterocycles. The summed E-state index contributed by atoms with van der Waals surface area (Å²) in [6.45, 7) is 18.4. The van der Waals surface area contributed by atoms with Gasteiger partial charge in [0.2, 0.25) is 0 Å². The second kappa shape index (κ2) is 12.0. The van der Waals surface area contributed by atoms with Gasteiger partial charge in [-0.2, -0.15) is 0 Å². The molecule has 158 valence electrons. The van der Waals surface area contributed by atoms with Crippen LogP contribution < -0.4 is 16.0 Å². The van der Waals surface area contributed by atoms with Crippen LogP contribution in [0.2, 0.25) is 0 Å². The number of amides is 1. The Labute approximate surface area is 164 Å². The van der Waals surface area contributed by atoms with Gasteiger partial charge in [-0.3, -0.25) is 9.89 Å². The monoisotopic (exact) mass is 385 g/mol. The highest BCUT2D eigenvalue weighted by Gasteiger charge is 2.21. The second-order valence-electron chi connectivity index (χ2n) is 8.10. The van der Waals surface area contributed by atoms with Crippen LogP contribution in [0.3, 0.4) is 0 Å². The van der Waals surface area contributed by atoms with E-state index in [0.717, 1.165) is 51.9 Å². The molecular formula is C19H39N5O3. The van der Waals surface area contributed by atoms with Gasteiger partial charge >= 0.3 is 6.09 Å². The summed E-state index contributed by atoms with van der Waals surface area (Å²) < 4.78 is 10.7. The molecule has 0 saturated carbocycles. The molecule has 8 nitrogen and oxygen atoms in total. The van der Waals surface area contributed by atoms with Gasteiger partial charge in [0.15, 0.2) is 5.96 Å². The summed E-state index contributed by atoms with van der Waals surface area (Å²) in [6, 6.07) is -0.0884. The highest BCUT2D eigenvalue weighted by Crippen LogP contribution is 2.09. The molecule has 8 heteroatoms. The van der Waals surface area contributed by atoms with Crippen LogP contribution in [0.15, 0.2) is 4.99 Å². The number of ether oxygens (including phenoxy) is 2. The van der Waals surface area contributed by atoms with Crippen LogP contribution in [0.4, 0.5) is 4.79 Å². The number of carbonyl (C=O) groups excluding carboxylic acids is 1. The van der Waals surface area contributed by atoms with Crippen LogP contribution in [-0.2, 0) is 9.47 Å². The molecule has 0 spiro atoms. The summed E-state index contributed by atoms with van der Waals surface area (Å²) in [6.07, 6.45) is -0.401. The molecule has 1 aliphatic heterocycles. The van der Waals surface area contributed by atoms with Crippen molar-refractivity contribution in [2.45, 2.75) is 53.2 Å². The maximum atomic E-state index is 12.1. The summed E-state index contributed by atoms with van der Waals surface area (Å²) >= 11 is 0. The fourth-order valence-corrected chi connectivity index (χ4v) is 2.57. The van der Waals surface area contributed by atoms with E-state index in [4.69, 9.17) is 9.47 Å². The largest absolute Gasteiger partial charge is 0.444 e. The standard InChI is InChI=1S/C19H39N5O3/c1-7-20-17(21-8-9-24-10-12-26-13-11-24)22-14-16(15(2)3)23-18(25)27-19(4,5)6/h15-16H,7-14H2,1-6H3,(H,23,25)(H2,20,21,22). The van der Waals surface area contributed by atoms with Crippen molar-refractivity contribution in [3.05, 3.63) is 0 Å². The lowest BCUT2D eigenvalue weighted by Gasteiger charge is -2.27. The molecule has 0 aromatic heterocycles. The Bertz CT molecular complexity index is 457. The fourth-order valence-electron chi connectivity index (χ4n) is 2.57. The minimum Gasteiger partial charge on any atom is -0.444 e. The SMILES string of the molecule is CCNC(=NCC(NC(=O)OC(C)(C)C)C(C)C)NCCN1CCOCC1. The number of morpholine rings is 1. The van der Waals surface area contributed by atoms with Gasteiger partial charge in [-0.15, -0.1) is 0 Å². The third-order valence-electron chi connectivity index (χ3n) is 4.12. The molecule has 0 bridgehead atoms. The number of carbonyl (C=O) groups is 1. The second-order valence-corrected chi connectivity index (χ2v) is 8.10. The zero-order chi connectivity index (χ0) is 20.3. The van der Waals surface area contributed by atoms with Crippen molar-refractivity contribution in [2.24, 2.45) is 10.9 Å². The minimum absolute atomic E-state index is 0.0884. The summed E-state index contributed by atoms with van der Waals surface area (Å²) in [5.41, 5.74) is -0.509. The fraction of sp³-hybridized carbons (Fsp3) is 0.895. The van der Waals surface area contributed by atoms with E-state index in [1.807, 2.05) is 27.7 Å². The van der Waals surface area contributed by atoms with Crippen molar-refractivity contribution < 1.29 is 14.3 Å². The number of nitrogens with zero attached hydrogens (tertiary/aromatic N) is 2. The van der Waals surface area contributed by atoms with Crippen LogP contribution in [0.25, 0.3) is 0 Å². The quantitative estimate of drug-likeness (QED) is 0.433. The van der Waals surface area contributed by atoms with Gasteiger partial charge in [0.05, 0.1) is 25.8 Å². The molecule has 1 amide bonds. The molecule has 1 unspecified atom stereocenters. The first-order valence-electron chi connectivity index (χ1n) is 10.0. The normalized spacial score (nSPS) is 17.5. The lowest BCUT2D eigenvalue weighted by Crippen LogP contribution is -2.46. The van der Waals surface area contributed by atoms with Crippen molar-refractivity contribution >= 4 is 12.1 Å². The van der Waals surface area contributed by atoms with E-state index in [0.29, 0.717) is 6.54 Å². The average Bonchev–Trinajstić information content (AvgIpc) is 2.57. The van der Waals surface area contributed by atoms with Gasteiger partial charge in [0.25, 0.3) is 0 Å². The lowest BCUT2D eigenvalue weighted by molar-refractivity contribution is 0.0389. The van der Waals surface area contributed by atoms with Crippen LogP contribution in [0.1, 0.15) is 41.5 Å². The molecule has 1 heterocycles. The Kier molecular flexibility index (Phi) is 10.5. The molecular weight excluding hydrogens is 346 g/mol. The van der Waals surface area contributed by atoms with Crippen molar-refractivity contribution in [1.29, 1.82) is 0 Å². The lowest BCUT2D eigenvalue weighted by atomic mass is 10.1. The number of hydrogen-bond acceptors (Lipinski definition) is 5. The van der Waals surface area contributed by atoms with Crippen LogP contribution >= 0.6 is 0 Å². The van der Waals surface area contributed by atoms with E-state index < -0.39 is 11.7 Å². The summed E-state index contributed by atoms with van der Waals surface area (Å²) in [5, 5.41) is 9.56. The Morgan fingerprint density at radius 3 is 2.44 bits per heavy atom. The Hall–Kier alpha value is -1.54. The van der Waals surface area contributed by atoms with Crippen molar-refractivity contribution in [1.82, 2.24) is 20.9 Å². The summed E-state index contributed by atoms with van der Waals surface area (Å²) in [5.74, 6) is 1.01. The zero-order valence-corrected chi connectivity index (χ0v) is 17.9. The minimum atomic E-state index is -0.509. The average molecular weight is 386 g/mol. The van der Waals surface area contributed by atoms with Crippen molar-refractivity contribution in [3.8, 4) is 0 Å². The van der Waals surface area contributed by atoms with E-state index in [1.54, 1.807) is 0 Å². The van der Waals surface area contributed by atoms with Crippen LogP contribution in [-0.4, -0.2) is 81.1 Å². The number of hydrogen-bond donors (Lipinski definition) is 3. The van der Waals surface area contributed by atoms with Gasteiger partial charge in [0.1, 0.15) is 5.60 Å². The third-order valence-corrected chi connectivity index (χ3v) is 4.12. The molecule has 1 atom stereocenters. The first-order valence-corrected chi connectivity index (χ1v) is 10.0. The molecule has 3 N–H and O–H groups in total. The van der Waals surface area contributed by atoms with Gasteiger partial charge < -0.3 is 25.4 Å². The summed E-state index contributed by atoms with van der Waals surface area (Å²) in [7, 11) is 0. The molecule has 0 aromatic carbocycles. The topological polar surface area (TPSA) is 87.2 Å². The van der Waals surface area contributed by atoms with Crippen molar-refractivity contribution in [3.63, 3.8) is 0 Å². The molecule has 1 rings (SSSR count). The van der Waals surface area contributed by atoms with E-state index in [9.17, 15) is 4.79 Å². The molecule has 0 aromatic rings. The third kappa shape index (κ3) is 11.0. The Balaban J connectivity index is 2.51. The zero-order valence-electron chi connectivity index (χ0n) is 17.9. The molecule has 1 aliphatic rings. The van der Waals surface area contributed by atoms with Gasteiger partial charge in [-0.25, -0.2) is 4.79 Å². The van der Waals surface area contributed by atoms with Crippen molar-refractivity contribution in [2.75, 3.05) is 52.5 Å². The van der Waals surface area contributed by atoms with Crippen LogP contribution in [0, 0.1) is 5.92 Å². The maximum Gasteiger partial charge on any atom is 0.407 e.